The minimum absolute atomic E-state index is 0.264. The molecule has 4 N–H and O–H groups in total. The number of carboxylic acid groups (broad SMARTS) is 1. The van der Waals surface area contributed by atoms with E-state index >= 15 is 0 Å². The van der Waals surface area contributed by atoms with Crippen LogP contribution >= 0.6 is 0 Å². The number of aromatic nitrogens is 2. The van der Waals surface area contributed by atoms with Gasteiger partial charge in [0.25, 0.3) is 5.56 Å². The summed E-state index contributed by atoms with van der Waals surface area (Å²) in [7, 11) is 1.27. The summed E-state index contributed by atoms with van der Waals surface area (Å²) in [5, 5.41) is 17.5. The Morgan fingerprint density at radius 2 is 2.15 bits per heavy atom. The van der Waals surface area contributed by atoms with Crippen LogP contribution < -0.4 is 11.3 Å². The quantitative estimate of drug-likeness (QED) is 0.503. The van der Waals surface area contributed by atoms with Crippen LogP contribution in [0.3, 0.4) is 0 Å². The number of nitrogen functional groups attached to an aromatic ring is 1. The molecule has 0 saturated heterocycles. The number of anilines is 1. The van der Waals surface area contributed by atoms with Crippen LogP contribution in [0.1, 0.15) is 10.5 Å². The van der Waals surface area contributed by atoms with E-state index in [2.05, 4.69) is 4.98 Å². The summed E-state index contributed by atoms with van der Waals surface area (Å²) >= 11 is 0. The van der Waals surface area contributed by atoms with Gasteiger partial charge in [-0.05, 0) is 0 Å². The smallest absolute Gasteiger partial charge is 0.358 e. The van der Waals surface area contributed by atoms with Gasteiger partial charge in [-0.1, -0.05) is 0 Å². The molecular weight excluding hydrogens is 178 g/mol. The molecule has 70 valence electrons. The van der Waals surface area contributed by atoms with E-state index in [1.165, 1.54) is 7.05 Å². The minimum atomic E-state index is -1.50. The van der Waals surface area contributed by atoms with Crippen LogP contribution in [0.25, 0.3) is 0 Å². The molecule has 0 bridgehead atoms. The van der Waals surface area contributed by atoms with Crippen molar-refractivity contribution in [2.45, 2.75) is 0 Å². The number of nitrogens with zero attached hydrogens (tertiary/aromatic N) is 2. The molecule has 0 aliphatic heterocycles. The first-order chi connectivity index (χ1) is 5.95. The van der Waals surface area contributed by atoms with E-state index in [4.69, 9.17) is 15.9 Å². The topological polar surface area (TPSA) is 118 Å². The van der Waals surface area contributed by atoms with Crippen LogP contribution in [0.5, 0.6) is 5.75 Å². The zero-order valence-corrected chi connectivity index (χ0v) is 6.68. The molecule has 7 heteroatoms. The van der Waals surface area contributed by atoms with E-state index in [9.17, 15) is 9.59 Å². The van der Waals surface area contributed by atoms with Crippen LogP contribution in [0, 0.1) is 0 Å². The van der Waals surface area contributed by atoms with Gasteiger partial charge in [0.05, 0.1) is 0 Å². The first kappa shape index (κ1) is 9.04. The van der Waals surface area contributed by atoms with Crippen molar-refractivity contribution in [2.24, 2.45) is 7.05 Å². The summed E-state index contributed by atoms with van der Waals surface area (Å²) in [6.07, 6.45) is 0. The fourth-order valence-corrected chi connectivity index (χ4v) is 0.756. The molecule has 7 nitrogen and oxygen atoms in total. The Kier molecular flexibility index (Phi) is 1.93. The molecule has 0 unspecified atom stereocenters. The average Bonchev–Trinajstić information content (AvgIpc) is 2.07. The van der Waals surface area contributed by atoms with Crippen LogP contribution in [0.4, 0.5) is 5.95 Å². The van der Waals surface area contributed by atoms with Gasteiger partial charge in [-0.15, -0.1) is 0 Å². The molecule has 0 radical (unpaired) electrons. The maximum absolute atomic E-state index is 11.0. The summed E-state index contributed by atoms with van der Waals surface area (Å²) in [6, 6.07) is 0. The third-order valence-electron chi connectivity index (χ3n) is 1.50. The van der Waals surface area contributed by atoms with Crippen molar-refractivity contribution in [3.63, 3.8) is 0 Å². The first-order valence-corrected chi connectivity index (χ1v) is 3.24. The second-order valence-corrected chi connectivity index (χ2v) is 2.34. The third kappa shape index (κ3) is 1.31. The molecule has 1 aromatic rings. The standard InChI is InChI=1S/C6H7N3O4/c1-9-4(11)3(10)2(5(12)13)8-6(9)7/h10H,1H3,(H2,7,8)(H,12,13). The Labute approximate surface area is 72.1 Å². The molecule has 0 spiro atoms. The van der Waals surface area contributed by atoms with Gasteiger partial charge in [0.15, 0.2) is 5.69 Å². The van der Waals surface area contributed by atoms with Crippen LogP contribution in [0.15, 0.2) is 4.79 Å². The van der Waals surface area contributed by atoms with Gasteiger partial charge in [0, 0.05) is 7.05 Å². The molecule has 1 aromatic heterocycles. The molecule has 0 fully saturated rings. The van der Waals surface area contributed by atoms with E-state index in [0.717, 1.165) is 4.57 Å². The van der Waals surface area contributed by atoms with Crippen LogP contribution in [0.2, 0.25) is 0 Å². The molecule has 0 saturated carbocycles. The van der Waals surface area contributed by atoms with Crippen LogP contribution in [-0.4, -0.2) is 25.7 Å². The minimum Gasteiger partial charge on any atom is -0.501 e. The Hall–Kier alpha value is -2.05. The predicted octanol–water partition coefficient (Wildman–Crippen LogP) is -1.23. The van der Waals surface area contributed by atoms with Gasteiger partial charge in [-0.3, -0.25) is 9.36 Å². The van der Waals surface area contributed by atoms with Gasteiger partial charge in [0.1, 0.15) is 0 Å². The highest BCUT2D eigenvalue weighted by atomic mass is 16.4. The molecule has 1 rings (SSSR count). The Morgan fingerprint density at radius 1 is 1.62 bits per heavy atom. The van der Waals surface area contributed by atoms with E-state index in [1.807, 2.05) is 0 Å². The van der Waals surface area contributed by atoms with E-state index < -0.39 is 23.0 Å². The second kappa shape index (κ2) is 2.77. The summed E-state index contributed by atoms with van der Waals surface area (Å²) in [4.78, 5) is 24.8. The Bertz CT molecular complexity index is 423. The van der Waals surface area contributed by atoms with Crippen molar-refractivity contribution in [1.82, 2.24) is 9.55 Å². The predicted molar refractivity (Wildman–Crippen MR) is 42.5 cm³/mol. The van der Waals surface area contributed by atoms with Crippen molar-refractivity contribution >= 4 is 11.9 Å². The average molecular weight is 185 g/mol. The van der Waals surface area contributed by atoms with Gasteiger partial charge < -0.3 is 15.9 Å². The number of hydrogen-bond donors (Lipinski definition) is 3. The van der Waals surface area contributed by atoms with Gasteiger partial charge in [0.2, 0.25) is 11.7 Å². The lowest BCUT2D eigenvalue weighted by Crippen LogP contribution is -2.24. The van der Waals surface area contributed by atoms with Gasteiger partial charge >= 0.3 is 5.97 Å². The normalized spacial score (nSPS) is 9.92. The van der Waals surface area contributed by atoms with Crippen molar-refractivity contribution in [3.05, 3.63) is 16.0 Å². The van der Waals surface area contributed by atoms with Gasteiger partial charge in [-0.2, -0.15) is 0 Å². The maximum Gasteiger partial charge on any atom is 0.358 e. The molecule has 0 aromatic carbocycles. The summed E-state index contributed by atoms with van der Waals surface area (Å²) < 4.78 is 0.849. The number of aromatic hydroxyl groups is 1. The van der Waals surface area contributed by atoms with E-state index in [0.29, 0.717) is 0 Å². The molecule has 0 aliphatic carbocycles. The second-order valence-electron chi connectivity index (χ2n) is 2.34. The molecule has 1 heterocycles. The number of nitrogens with two attached hydrogens (primary N) is 1. The molecule has 0 aliphatic rings. The highest BCUT2D eigenvalue weighted by Crippen LogP contribution is 2.09. The van der Waals surface area contributed by atoms with E-state index in [-0.39, 0.29) is 5.95 Å². The van der Waals surface area contributed by atoms with Gasteiger partial charge in [-0.25, -0.2) is 9.78 Å². The number of rotatable bonds is 1. The van der Waals surface area contributed by atoms with Crippen LogP contribution in [-0.2, 0) is 7.05 Å². The van der Waals surface area contributed by atoms with E-state index in [1.54, 1.807) is 0 Å². The maximum atomic E-state index is 11.0. The Balaban J connectivity index is 3.60. The monoisotopic (exact) mass is 185 g/mol. The fraction of sp³-hybridized carbons (Fsp3) is 0.167. The number of carboxylic acids is 1. The molecular formula is C6H7N3O4. The number of hydrogen-bond acceptors (Lipinski definition) is 5. The Morgan fingerprint density at radius 3 is 2.62 bits per heavy atom. The fourth-order valence-electron chi connectivity index (χ4n) is 0.756. The molecule has 0 atom stereocenters. The van der Waals surface area contributed by atoms with Crippen molar-refractivity contribution in [1.29, 1.82) is 0 Å². The summed E-state index contributed by atoms with van der Waals surface area (Å²) in [5.41, 5.74) is 3.59. The summed E-state index contributed by atoms with van der Waals surface area (Å²) in [5.74, 6) is -2.67. The lowest BCUT2D eigenvalue weighted by Gasteiger charge is -2.04. The molecule has 0 amide bonds. The van der Waals surface area contributed by atoms with Crippen molar-refractivity contribution in [3.8, 4) is 5.75 Å². The largest absolute Gasteiger partial charge is 0.501 e. The highest BCUT2D eigenvalue weighted by Gasteiger charge is 2.17. The number of aromatic carboxylic acids is 1. The molecule has 13 heavy (non-hydrogen) atoms. The zero-order valence-electron chi connectivity index (χ0n) is 6.68. The summed E-state index contributed by atoms with van der Waals surface area (Å²) in [6.45, 7) is 0. The SMILES string of the molecule is Cn1c(N)nc(C(=O)O)c(O)c1=O. The van der Waals surface area contributed by atoms with Crippen molar-refractivity contribution in [2.75, 3.05) is 5.73 Å². The highest BCUT2D eigenvalue weighted by molar-refractivity contribution is 5.88. The third-order valence-corrected chi connectivity index (χ3v) is 1.50. The number of carbonyl (C=O) groups is 1. The lowest BCUT2D eigenvalue weighted by atomic mass is 10.4. The first-order valence-electron chi connectivity index (χ1n) is 3.24. The lowest BCUT2D eigenvalue weighted by molar-refractivity contribution is 0.0686. The zero-order chi connectivity index (χ0) is 10.2. The van der Waals surface area contributed by atoms with Crippen molar-refractivity contribution < 1.29 is 15.0 Å².